The molecular weight excluding hydrogens is 447 g/mol. The van der Waals surface area contributed by atoms with E-state index in [0.717, 1.165) is 0 Å². The maximum Gasteiger partial charge on any atom is -1.00 e. The van der Waals surface area contributed by atoms with Crippen molar-refractivity contribution >= 4 is 14.7 Å². The van der Waals surface area contributed by atoms with Gasteiger partial charge in [0.2, 0.25) is 0 Å². The van der Waals surface area contributed by atoms with Crippen molar-refractivity contribution in [2.75, 3.05) is 0 Å². The molecule has 0 aliphatic heterocycles. The predicted molar refractivity (Wildman–Crippen MR) is 106 cm³/mol. The number of hydrogen-bond donors (Lipinski definition) is 0. The third kappa shape index (κ3) is 8.41. The number of allylic oxidation sites excluding steroid dienone is 4. The van der Waals surface area contributed by atoms with Gasteiger partial charge in [-0.15, -0.1) is 0 Å². The van der Waals surface area contributed by atoms with Gasteiger partial charge in [-0.2, -0.15) is 0 Å². The molecule has 0 radical (unpaired) electrons. The van der Waals surface area contributed by atoms with Crippen LogP contribution in [0.15, 0.2) is 38.4 Å². The fourth-order valence-corrected chi connectivity index (χ4v) is 7.60. The van der Waals surface area contributed by atoms with Crippen LogP contribution in [0, 0.1) is 19.3 Å². The Labute approximate surface area is 199 Å². The zero-order valence-corrected chi connectivity index (χ0v) is 22.9. The van der Waals surface area contributed by atoms with Gasteiger partial charge in [0.15, 0.2) is 0 Å². The van der Waals surface area contributed by atoms with Crippen LogP contribution in [0.4, 0.5) is 0 Å². The van der Waals surface area contributed by atoms with Crippen LogP contribution in [0.1, 0.15) is 70.9 Å². The zero-order chi connectivity index (χ0) is 17.9. The van der Waals surface area contributed by atoms with Crippen molar-refractivity contribution < 1.29 is 57.7 Å². The fraction of sp³-hybridized carbons (Fsp3) is 0.545. The van der Waals surface area contributed by atoms with Gasteiger partial charge in [-0.25, -0.2) is 0 Å². The summed E-state index contributed by atoms with van der Waals surface area (Å²) in [7, 11) is -0.337. The average Bonchev–Trinajstić information content (AvgIpc) is 2.74. The van der Waals surface area contributed by atoms with E-state index >= 15 is 0 Å². The summed E-state index contributed by atoms with van der Waals surface area (Å²) in [4.78, 5) is 0. The van der Waals surface area contributed by atoms with Crippen LogP contribution in [-0.4, -0.2) is 9.52 Å². The molecule has 0 spiro atoms. The summed E-state index contributed by atoms with van der Waals surface area (Å²) in [5.74, 6) is 0. The molecule has 27 heavy (non-hydrogen) atoms. The number of aryl methyl sites for hydroxylation is 2. The quantitative estimate of drug-likeness (QED) is 0.290. The minimum Gasteiger partial charge on any atom is -1.00 e. The van der Waals surface area contributed by atoms with Crippen molar-refractivity contribution in [1.82, 2.24) is 0 Å². The number of benzene rings is 1. The normalized spacial score (nSPS) is 14.4. The van der Waals surface area contributed by atoms with Crippen molar-refractivity contribution in [1.29, 1.82) is 0 Å². The van der Waals surface area contributed by atoms with Crippen molar-refractivity contribution in [3.63, 3.8) is 0 Å². The summed E-state index contributed by atoms with van der Waals surface area (Å²) in [5.41, 5.74) is 6.55. The van der Waals surface area contributed by atoms with Crippen LogP contribution < -0.4 is 42.4 Å². The van der Waals surface area contributed by atoms with Gasteiger partial charge in [-0.1, -0.05) is 0 Å². The Bertz CT molecular complexity index is 652. The van der Waals surface area contributed by atoms with E-state index in [0.29, 0.717) is 0 Å². The number of halogens is 3. The molecule has 0 saturated heterocycles. The summed E-state index contributed by atoms with van der Waals surface area (Å²) >= 11 is 2.40. The smallest absolute Gasteiger partial charge is 1.00 e. The van der Waals surface area contributed by atoms with Gasteiger partial charge < -0.3 is 37.2 Å². The second-order valence-corrected chi connectivity index (χ2v) is 11.3. The molecule has 0 aromatic heterocycles. The number of hydrogen-bond acceptors (Lipinski definition) is 0. The minimum atomic E-state index is -0.337. The van der Waals surface area contributed by atoms with Gasteiger partial charge in [0.05, 0.1) is 0 Å². The SMILES string of the molecule is CCCCCC1=C(C(C)(C)C)[C]([Ti+3])=C([SiH2]c2cc(C)cc(C)c2)C1.[Cl-].[Cl-].[Cl-]. The minimum absolute atomic E-state index is 0. The first-order chi connectivity index (χ1) is 11.2. The Kier molecular flexibility index (Phi) is 14.2. The molecule has 150 valence electrons. The fourth-order valence-electron chi connectivity index (χ4n) is 4.06. The maximum atomic E-state index is 2.42. The average molecular weight is 480 g/mol. The van der Waals surface area contributed by atoms with E-state index in [2.05, 4.69) is 80.2 Å². The molecular formula is C22H33Cl3SiTi. The molecule has 0 nitrogen and oxygen atoms in total. The van der Waals surface area contributed by atoms with Gasteiger partial charge in [0.25, 0.3) is 0 Å². The third-order valence-corrected chi connectivity index (χ3v) is 8.26. The van der Waals surface area contributed by atoms with Gasteiger partial charge in [-0.05, 0) is 0 Å². The van der Waals surface area contributed by atoms with Crippen molar-refractivity contribution in [2.24, 2.45) is 5.41 Å². The van der Waals surface area contributed by atoms with Crippen LogP contribution in [0.3, 0.4) is 0 Å². The van der Waals surface area contributed by atoms with Crippen LogP contribution in [0.2, 0.25) is 0 Å². The molecule has 0 fully saturated rings. The molecule has 1 aromatic rings. The van der Waals surface area contributed by atoms with E-state index in [1.807, 2.05) is 0 Å². The molecule has 0 unspecified atom stereocenters. The van der Waals surface area contributed by atoms with Crippen LogP contribution >= 0.6 is 0 Å². The third-order valence-electron chi connectivity index (χ3n) is 4.91. The Morgan fingerprint density at radius 2 is 1.52 bits per heavy atom. The Morgan fingerprint density at radius 3 is 2.00 bits per heavy atom. The molecule has 0 N–H and O–H groups in total. The first-order valence-electron chi connectivity index (χ1n) is 9.46. The van der Waals surface area contributed by atoms with E-state index in [4.69, 9.17) is 0 Å². The van der Waals surface area contributed by atoms with Gasteiger partial charge in [-0.3, -0.25) is 0 Å². The standard InChI is InChI=1S/C22H33Si.3ClH.Ti/c1-7-8-9-10-18-14-20(15-21(18)22(4,5)6)23-19-12-16(2)11-17(3)13-19;;;;/h11-13H,7-10,14,23H2,1-6H3;3*1H;/q;;;;+3/p-3. The zero-order valence-electron chi connectivity index (χ0n) is 17.6. The molecule has 0 heterocycles. The van der Waals surface area contributed by atoms with Gasteiger partial charge in [0, 0.05) is 0 Å². The number of rotatable bonds is 6. The molecule has 2 rings (SSSR count). The van der Waals surface area contributed by atoms with Crippen LogP contribution in [-0.2, 0) is 20.4 Å². The summed E-state index contributed by atoms with van der Waals surface area (Å²) in [6.45, 7) is 14.0. The van der Waals surface area contributed by atoms with E-state index in [1.165, 1.54) is 43.2 Å². The molecule has 0 saturated carbocycles. The Balaban J connectivity index is 0. The molecule has 1 aromatic carbocycles. The van der Waals surface area contributed by atoms with E-state index in [1.54, 1.807) is 25.4 Å². The Morgan fingerprint density at radius 1 is 0.963 bits per heavy atom. The first-order valence-corrected chi connectivity index (χ1v) is 11.7. The molecule has 0 bridgehead atoms. The predicted octanol–water partition coefficient (Wildman–Crippen LogP) is -3.81. The van der Waals surface area contributed by atoms with Gasteiger partial charge >= 0.3 is 164 Å². The summed E-state index contributed by atoms with van der Waals surface area (Å²) in [6, 6.07) is 7.14. The van der Waals surface area contributed by atoms with E-state index < -0.39 is 0 Å². The summed E-state index contributed by atoms with van der Waals surface area (Å²) < 4.78 is 1.64. The maximum absolute atomic E-state index is 2.42. The Hall–Kier alpha value is 0.501. The molecule has 1 aliphatic rings. The second-order valence-electron chi connectivity index (χ2n) is 8.51. The van der Waals surface area contributed by atoms with Crippen molar-refractivity contribution in [3.05, 3.63) is 49.5 Å². The van der Waals surface area contributed by atoms with Gasteiger partial charge in [0.1, 0.15) is 0 Å². The monoisotopic (exact) mass is 478 g/mol. The van der Waals surface area contributed by atoms with E-state index in [9.17, 15) is 0 Å². The molecule has 0 atom stereocenters. The molecule has 5 heteroatoms. The number of unbranched alkanes of at least 4 members (excludes halogenated alkanes) is 2. The summed E-state index contributed by atoms with van der Waals surface area (Å²) in [6.07, 6.45) is 6.61. The largest absolute Gasteiger partial charge is 1.00 e. The molecule has 1 aliphatic carbocycles. The summed E-state index contributed by atoms with van der Waals surface area (Å²) in [5, 5.41) is 3.40. The van der Waals surface area contributed by atoms with Crippen LogP contribution in [0.5, 0.6) is 0 Å². The topological polar surface area (TPSA) is 0 Å². The second kappa shape index (κ2) is 12.9. The van der Waals surface area contributed by atoms with Crippen molar-refractivity contribution in [3.8, 4) is 0 Å². The van der Waals surface area contributed by atoms with E-state index in [-0.39, 0.29) is 52.2 Å². The molecule has 0 amide bonds. The van der Waals surface area contributed by atoms with Crippen LogP contribution in [0.25, 0.3) is 0 Å². The van der Waals surface area contributed by atoms with Crippen molar-refractivity contribution in [2.45, 2.75) is 73.6 Å². The first kappa shape index (κ1) is 29.7.